The van der Waals surface area contributed by atoms with E-state index >= 15 is 0 Å². The van der Waals surface area contributed by atoms with E-state index in [0.717, 1.165) is 9.10 Å². The summed E-state index contributed by atoms with van der Waals surface area (Å²) in [7, 11) is 0. The zero-order valence-electron chi connectivity index (χ0n) is 17.8. The Balaban J connectivity index is 1.57. The lowest BCUT2D eigenvalue weighted by atomic mass is 10.2. The second kappa shape index (κ2) is 10.6. The minimum atomic E-state index is -0.517. The first kappa shape index (κ1) is 23.1. The Hall–Kier alpha value is -2.59. The maximum absolute atomic E-state index is 12.9. The molecule has 3 rings (SSSR count). The lowest BCUT2D eigenvalue weighted by Gasteiger charge is -2.34. The van der Waals surface area contributed by atoms with E-state index in [9.17, 15) is 14.4 Å². The van der Waals surface area contributed by atoms with Gasteiger partial charge < -0.3 is 14.5 Å². The lowest BCUT2D eigenvalue weighted by Crippen LogP contribution is -2.50. The van der Waals surface area contributed by atoms with Gasteiger partial charge in [0.05, 0.1) is 17.0 Å². The van der Waals surface area contributed by atoms with E-state index in [4.69, 9.17) is 4.74 Å². The van der Waals surface area contributed by atoms with E-state index in [1.54, 1.807) is 29.0 Å². The predicted octanol–water partition coefficient (Wildman–Crippen LogP) is 3.80. The molecule has 10 heteroatoms. The van der Waals surface area contributed by atoms with Crippen molar-refractivity contribution in [2.24, 2.45) is 5.92 Å². The molecule has 8 nitrogen and oxygen atoms in total. The third-order valence-electron chi connectivity index (χ3n) is 4.55. The van der Waals surface area contributed by atoms with Crippen LogP contribution >= 0.6 is 23.1 Å². The number of nitrogens with zero attached hydrogens (tertiary/aromatic N) is 3. The largest absolute Gasteiger partial charge is 0.449 e. The van der Waals surface area contributed by atoms with Crippen LogP contribution in [0.5, 0.6) is 0 Å². The van der Waals surface area contributed by atoms with Crippen molar-refractivity contribution in [1.29, 1.82) is 0 Å². The summed E-state index contributed by atoms with van der Waals surface area (Å²) in [6.45, 7) is 8.03. The second-order valence-corrected chi connectivity index (χ2v) is 9.93. The van der Waals surface area contributed by atoms with Crippen molar-refractivity contribution in [2.45, 2.75) is 29.9 Å². The number of aromatic nitrogens is 1. The molecule has 0 saturated carbocycles. The van der Waals surface area contributed by atoms with Crippen LogP contribution in [0.4, 0.5) is 9.93 Å². The molecule has 2 aromatic rings. The van der Waals surface area contributed by atoms with Gasteiger partial charge in [-0.15, -0.1) is 0 Å². The van der Waals surface area contributed by atoms with E-state index in [1.165, 1.54) is 23.1 Å². The SMILES string of the molecule is CC(=O)N1CCN(C(=O)c2cccc(Sc3cnc(NC(=O)OCC(C)C)s3)c2)CC1. The van der Waals surface area contributed by atoms with Crippen molar-refractivity contribution in [2.75, 3.05) is 38.1 Å². The maximum Gasteiger partial charge on any atom is 0.413 e. The number of benzene rings is 1. The van der Waals surface area contributed by atoms with Crippen molar-refractivity contribution in [3.05, 3.63) is 36.0 Å². The molecular formula is C21H26N4O4S2. The summed E-state index contributed by atoms with van der Waals surface area (Å²) < 4.78 is 5.99. The molecule has 31 heavy (non-hydrogen) atoms. The van der Waals surface area contributed by atoms with E-state index < -0.39 is 6.09 Å². The number of thiazole rings is 1. The zero-order chi connectivity index (χ0) is 22.4. The number of rotatable bonds is 6. The fraction of sp³-hybridized carbons (Fsp3) is 0.429. The molecule has 0 atom stereocenters. The van der Waals surface area contributed by atoms with Crippen LogP contribution in [-0.4, -0.2) is 65.5 Å². The minimum absolute atomic E-state index is 0.0368. The van der Waals surface area contributed by atoms with Crippen molar-refractivity contribution in [3.63, 3.8) is 0 Å². The number of carbonyl (C=O) groups excluding carboxylic acids is 3. The normalized spacial score (nSPS) is 13.9. The Morgan fingerprint density at radius 3 is 2.58 bits per heavy atom. The van der Waals surface area contributed by atoms with Gasteiger partial charge in [-0.05, 0) is 24.1 Å². The van der Waals surface area contributed by atoms with E-state index in [-0.39, 0.29) is 17.7 Å². The molecule has 166 valence electrons. The first-order valence-corrected chi connectivity index (χ1v) is 11.7. The van der Waals surface area contributed by atoms with Gasteiger partial charge in [0.15, 0.2) is 5.13 Å². The number of carbonyl (C=O) groups is 3. The van der Waals surface area contributed by atoms with E-state index in [1.807, 2.05) is 32.0 Å². The summed E-state index contributed by atoms with van der Waals surface area (Å²) in [5.41, 5.74) is 0.612. The van der Waals surface area contributed by atoms with Gasteiger partial charge in [-0.1, -0.05) is 43.0 Å². The van der Waals surface area contributed by atoms with Gasteiger partial charge in [0.25, 0.3) is 5.91 Å². The third-order valence-corrected chi connectivity index (χ3v) is 6.56. The molecule has 0 spiro atoms. The summed E-state index contributed by atoms with van der Waals surface area (Å²) in [6.07, 6.45) is 1.17. The molecule has 2 heterocycles. The van der Waals surface area contributed by atoms with Gasteiger partial charge in [-0.2, -0.15) is 0 Å². The molecule has 1 saturated heterocycles. The Labute approximate surface area is 190 Å². The topological polar surface area (TPSA) is 91.8 Å². The Bertz CT molecular complexity index is 939. The number of nitrogens with one attached hydrogen (secondary N) is 1. The number of hydrogen-bond acceptors (Lipinski definition) is 7. The molecular weight excluding hydrogens is 436 g/mol. The smallest absolute Gasteiger partial charge is 0.413 e. The standard InChI is InChI=1S/C21H26N4O4S2/c1-14(2)13-29-21(28)23-20-22-12-18(31-20)30-17-6-4-5-16(11-17)19(27)25-9-7-24(8-10-25)15(3)26/h4-6,11-12,14H,7-10,13H2,1-3H3,(H,22,23,28). The quantitative estimate of drug-likeness (QED) is 0.702. The summed E-state index contributed by atoms with van der Waals surface area (Å²) in [5.74, 6) is 0.267. The first-order chi connectivity index (χ1) is 14.8. The molecule has 1 aromatic heterocycles. The second-order valence-electron chi connectivity index (χ2n) is 7.53. The molecule has 3 amide bonds. The monoisotopic (exact) mass is 462 g/mol. The van der Waals surface area contributed by atoms with E-state index in [0.29, 0.717) is 43.5 Å². The van der Waals surface area contributed by atoms with Crippen LogP contribution in [0.15, 0.2) is 39.6 Å². The van der Waals surface area contributed by atoms with Crippen LogP contribution in [0.3, 0.4) is 0 Å². The first-order valence-electron chi connectivity index (χ1n) is 10.0. The number of ether oxygens (including phenoxy) is 1. The number of hydrogen-bond donors (Lipinski definition) is 1. The van der Waals surface area contributed by atoms with Gasteiger partial charge in [0.2, 0.25) is 5.91 Å². The van der Waals surface area contributed by atoms with Crippen molar-refractivity contribution < 1.29 is 19.1 Å². The third kappa shape index (κ3) is 6.70. The average molecular weight is 463 g/mol. The van der Waals surface area contributed by atoms with E-state index in [2.05, 4.69) is 10.3 Å². The van der Waals surface area contributed by atoms with Crippen molar-refractivity contribution >= 4 is 46.1 Å². The van der Waals surface area contributed by atoms with Gasteiger partial charge in [0.1, 0.15) is 0 Å². The molecule has 0 bridgehead atoms. The van der Waals surface area contributed by atoms with Gasteiger partial charge in [-0.3, -0.25) is 14.9 Å². The average Bonchev–Trinajstić information content (AvgIpc) is 3.18. The summed E-state index contributed by atoms with van der Waals surface area (Å²) in [6, 6.07) is 7.44. The number of anilines is 1. The molecule has 1 aromatic carbocycles. The highest BCUT2D eigenvalue weighted by atomic mass is 32.2. The van der Waals surface area contributed by atoms with Gasteiger partial charge >= 0.3 is 6.09 Å². The fourth-order valence-corrected chi connectivity index (χ4v) is 4.84. The highest BCUT2D eigenvalue weighted by molar-refractivity contribution is 8.01. The molecule has 0 aliphatic carbocycles. The van der Waals surface area contributed by atoms with Crippen molar-refractivity contribution in [1.82, 2.24) is 14.8 Å². The predicted molar refractivity (Wildman–Crippen MR) is 121 cm³/mol. The van der Waals surface area contributed by atoms with Gasteiger partial charge in [0, 0.05) is 43.6 Å². The highest BCUT2D eigenvalue weighted by Crippen LogP contribution is 2.34. The molecule has 1 aliphatic rings. The van der Waals surface area contributed by atoms with Crippen LogP contribution in [-0.2, 0) is 9.53 Å². The van der Waals surface area contributed by atoms with Crippen LogP contribution in [0.2, 0.25) is 0 Å². The number of piperazine rings is 1. The number of amides is 3. The summed E-state index contributed by atoms with van der Waals surface area (Å²) in [5, 5.41) is 3.10. The molecule has 1 fully saturated rings. The summed E-state index contributed by atoms with van der Waals surface area (Å²) >= 11 is 2.82. The van der Waals surface area contributed by atoms with Crippen LogP contribution in [0, 0.1) is 5.92 Å². The van der Waals surface area contributed by atoms with Crippen molar-refractivity contribution in [3.8, 4) is 0 Å². The molecule has 1 N–H and O–H groups in total. The molecule has 0 unspecified atom stereocenters. The fourth-order valence-electron chi connectivity index (χ4n) is 2.95. The Kier molecular flexibility index (Phi) is 7.91. The van der Waals surface area contributed by atoms with Gasteiger partial charge in [-0.25, -0.2) is 9.78 Å². The summed E-state index contributed by atoms with van der Waals surface area (Å²) in [4.78, 5) is 44.8. The highest BCUT2D eigenvalue weighted by Gasteiger charge is 2.23. The zero-order valence-corrected chi connectivity index (χ0v) is 19.4. The maximum atomic E-state index is 12.9. The molecule has 0 radical (unpaired) electrons. The molecule has 1 aliphatic heterocycles. The Morgan fingerprint density at radius 2 is 1.90 bits per heavy atom. The van der Waals surface area contributed by atoms with Crippen LogP contribution in [0.25, 0.3) is 0 Å². The van der Waals surface area contributed by atoms with Crippen LogP contribution < -0.4 is 5.32 Å². The lowest BCUT2D eigenvalue weighted by molar-refractivity contribution is -0.130. The Morgan fingerprint density at radius 1 is 1.19 bits per heavy atom. The van der Waals surface area contributed by atoms with Crippen LogP contribution in [0.1, 0.15) is 31.1 Å². The minimum Gasteiger partial charge on any atom is -0.449 e.